The molecular weight excluding hydrogens is 313 g/mol. The van der Waals surface area contributed by atoms with Crippen LogP contribution in [0, 0.1) is 0 Å². The molecule has 1 aromatic heterocycles. The highest BCUT2D eigenvalue weighted by Gasteiger charge is 2.35. The zero-order valence-electron chi connectivity index (χ0n) is 9.55. The lowest BCUT2D eigenvalue weighted by atomic mass is 10.0. The van der Waals surface area contributed by atoms with Gasteiger partial charge in [0.2, 0.25) is 0 Å². The van der Waals surface area contributed by atoms with Gasteiger partial charge in [0.05, 0.1) is 18.0 Å². The molecular formula is C10H7ClF5NO3. The first-order valence-corrected chi connectivity index (χ1v) is 5.51. The Hall–Kier alpha value is -1.64. The number of alkyl halides is 6. The van der Waals surface area contributed by atoms with Gasteiger partial charge in [0.1, 0.15) is 0 Å². The van der Waals surface area contributed by atoms with Crippen molar-refractivity contribution in [3.8, 4) is 5.75 Å². The molecule has 0 aromatic carbocycles. The van der Waals surface area contributed by atoms with Crippen LogP contribution in [0.2, 0.25) is 0 Å². The van der Waals surface area contributed by atoms with E-state index in [2.05, 4.69) is 9.72 Å². The molecule has 0 aliphatic rings. The Kier molecular flexibility index (Phi) is 5.09. The van der Waals surface area contributed by atoms with Crippen molar-refractivity contribution in [1.82, 2.24) is 4.98 Å². The van der Waals surface area contributed by atoms with E-state index in [0.29, 0.717) is 6.20 Å². The van der Waals surface area contributed by atoms with Crippen LogP contribution in [0.5, 0.6) is 5.75 Å². The van der Waals surface area contributed by atoms with Gasteiger partial charge in [-0.3, -0.25) is 9.78 Å². The first kappa shape index (κ1) is 16.4. The van der Waals surface area contributed by atoms with Crippen LogP contribution in [0.4, 0.5) is 22.0 Å². The van der Waals surface area contributed by atoms with Gasteiger partial charge in [0.15, 0.2) is 5.75 Å². The lowest BCUT2D eigenvalue weighted by Crippen LogP contribution is -2.21. The average Bonchev–Trinajstić information content (AvgIpc) is 2.28. The van der Waals surface area contributed by atoms with E-state index < -0.39 is 53.6 Å². The van der Waals surface area contributed by atoms with Crippen molar-refractivity contribution in [3.63, 3.8) is 0 Å². The van der Waals surface area contributed by atoms with E-state index in [0.717, 1.165) is 0 Å². The van der Waals surface area contributed by atoms with E-state index >= 15 is 0 Å². The van der Waals surface area contributed by atoms with Gasteiger partial charge in [-0.15, -0.1) is 24.8 Å². The molecule has 0 radical (unpaired) electrons. The number of aromatic nitrogens is 1. The van der Waals surface area contributed by atoms with Crippen LogP contribution in [0.1, 0.15) is 23.2 Å². The van der Waals surface area contributed by atoms with Crippen LogP contribution in [-0.4, -0.2) is 22.4 Å². The minimum atomic E-state index is -5.18. The number of carboxylic acid groups (broad SMARTS) is 1. The van der Waals surface area contributed by atoms with Crippen LogP contribution < -0.4 is 4.74 Å². The molecule has 112 valence electrons. The fourth-order valence-electron chi connectivity index (χ4n) is 1.44. The van der Waals surface area contributed by atoms with Crippen LogP contribution in [0.3, 0.4) is 0 Å². The van der Waals surface area contributed by atoms with Crippen molar-refractivity contribution in [2.75, 3.05) is 0 Å². The predicted octanol–water partition coefficient (Wildman–Crippen LogP) is 3.28. The standard InChI is InChI=1S/C10H7ClF5NO3/c11-2-6-8(20-10(14,15)16)4(1-7(18)19)5(3-17-6)9(12)13/h3,9H,1-2H2,(H,18,19). The van der Waals surface area contributed by atoms with Crippen molar-refractivity contribution < 1.29 is 36.6 Å². The number of hydrogen-bond donors (Lipinski definition) is 1. The molecule has 0 aliphatic heterocycles. The van der Waals surface area contributed by atoms with E-state index in [1.807, 2.05) is 0 Å². The van der Waals surface area contributed by atoms with Gasteiger partial charge in [0.25, 0.3) is 6.43 Å². The van der Waals surface area contributed by atoms with Gasteiger partial charge in [-0.1, -0.05) is 0 Å². The first-order chi connectivity index (χ1) is 9.15. The molecule has 0 amide bonds. The molecule has 0 spiro atoms. The van der Waals surface area contributed by atoms with E-state index in [9.17, 15) is 26.7 Å². The lowest BCUT2D eigenvalue weighted by Gasteiger charge is -2.17. The summed E-state index contributed by atoms with van der Waals surface area (Å²) in [5, 5.41) is 8.62. The number of aliphatic carboxylic acids is 1. The predicted molar refractivity (Wildman–Crippen MR) is 56.8 cm³/mol. The first-order valence-electron chi connectivity index (χ1n) is 4.98. The Balaban J connectivity index is 3.46. The fraction of sp³-hybridized carbons (Fsp3) is 0.400. The number of nitrogens with zero attached hydrogens (tertiary/aromatic N) is 1. The van der Waals surface area contributed by atoms with E-state index in [1.54, 1.807) is 0 Å². The maximum absolute atomic E-state index is 12.7. The molecule has 0 fully saturated rings. The van der Waals surface area contributed by atoms with Gasteiger partial charge in [-0.25, -0.2) is 8.78 Å². The second-order valence-corrected chi connectivity index (χ2v) is 3.79. The fourth-order valence-corrected chi connectivity index (χ4v) is 1.63. The van der Waals surface area contributed by atoms with Crippen molar-refractivity contribution in [2.24, 2.45) is 0 Å². The number of hydrogen-bond acceptors (Lipinski definition) is 3. The summed E-state index contributed by atoms with van der Waals surface area (Å²) in [5.74, 6) is -3.24. The molecule has 0 unspecified atom stereocenters. The van der Waals surface area contributed by atoms with Crippen LogP contribution in [0.15, 0.2) is 6.20 Å². The summed E-state index contributed by atoms with van der Waals surface area (Å²) in [6, 6.07) is 0. The summed E-state index contributed by atoms with van der Waals surface area (Å²) >= 11 is 5.36. The Morgan fingerprint density at radius 1 is 1.45 bits per heavy atom. The molecule has 0 atom stereocenters. The molecule has 0 bridgehead atoms. The van der Waals surface area contributed by atoms with Gasteiger partial charge in [-0.2, -0.15) is 0 Å². The summed E-state index contributed by atoms with van der Waals surface area (Å²) in [6.07, 6.45) is -8.87. The maximum Gasteiger partial charge on any atom is 0.573 e. The van der Waals surface area contributed by atoms with Gasteiger partial charge < -0.3 is 9.84 Å². The largest absolute Gasteiger partial charge is 0.573 e. The Labute approximate surface area is 114 Å². The topological polar surface area (TPSA) is 59.4 Å². The number of pyridine rings is 1. The number of carbonyl (C=O) groups is 1. The van der Waals surface area contributed by atoms with Crippen molar-refractivity contribution in [1.29, 1.82) is 0 Å². The molecule has 1 heterocycles. The molecule has 0 saturated carbocycles. The molecule has 0 aliphatic carbocycles. The Bertz CT molecular complexity index is 506. The van der Waals surface area contributed by atoms with Crippen molar-refractivity contribution >= 4 is 17.6 Å². The lowest BCUT2D eigenvalue weighted by molar-refractivity contribution is -0.275. The van der Waals surface area contributed by atoms with E-state index in [1.165, 1.54) is 0 Å². The van der Waals surface area contributed by atoms with Crippen LogP contribution in [-0.2, 0) is 17.1 Å². The van der Waals surface area contributed by atoms with Gasteiger partial charge >= 0.3 is 12.3 Å². The maximum atomic E-state index is 12.7. The van der Waals surface area contributed by atoms with Crippen molar-refractivity contribution in [2.45, 2.75) is 25.1 Å². The molecule has 0 saturated heterocycles. The monoisotopic (exact) mass is 319 g/mol. The molecule has 1 rings (SSSR count). The molecule has 1 N–H and O–H groups in total. The third-order valence-electron chi connectivity index (χ3n) is 2.15. The van der Waals surface area contributed by atoms with E-state index in [-0.39, 0.29) is 0 Å². The summed E-state index contributed by atoms with van der Waals surface area (Å²) in [4.78, 5) is 14.0. The second kappa shape index (κ2) is 6.21. The third-order valence-corrected chi connectivity index (χ3v) is 2.40. The van der Waals surface area contributed by atoms with Gasteiger partial charge in [0, 0.05) is 17.3 Å². The number of ether oxygens (including phenoxy) is 1. The van der Waals surface area contributed by atoms with E-state index in [4.69, 9.17) is 16.7 Å². The van der Waals surface area contributed by atoms with Crippen molar-refractivity contribution in [3.05, 3.63) is 23.0 Å². The summed E-state index contributed by atoms with van der Waals surface area (Å²) in [6.45, 7) is 0. The SMILES string of the molecule is O=C(O)Cc1c(C(F)F)cnc(CCl)c1OC(F)(F)F. The molecule has 20 heavy (non-hydrogen) atoms. The summed E-state index contributed by atoms with van der Waals surface area (Å²) < 4.78 is 65.9. The highest BCUT2D eigenvalue weighted by molar-refractivity contribution is 6.17. The minimum Gasteiger partial charge on any atom is -0.481 e. The summed E-state index contributed by atoms with van der Waals surface area (Å²) in [7, 11) is 0. The Morgan fingerprint density at radius 3 is 2.45 bits per heavy atom. The zero-order chi connectivity index (χ0) is 15.5. The number of halogens is 6. The number of rotatable bonds is 5. The second-order valence-electron chi connectivity index (χ2n) is 3.52. The molecule has 4 nitrogen and oxygen atoms in total. The molecule has 10 heteroatoms. The normalized spacial score (nSPS) is 11.8. The quantitative estimate of drug-likeness (QED) is 0.668. The zero-order valence-corrected chi connectivity index (χ0v) is 10.3. The smallest absolute Gasteiger partial charge is 0.481 e. The molecule has 1 aromatic rings. The van der Waals surface area contributed by atoms with Crippen LogP contribution >= 0.6 is 11.6 Å². The van der Waals surface area contributed by atoms with Gasteiger partial charge in [-0.05, 0) is 0 Å². The van der Waals surface area contributed by atoms with Crippen LogP contribution in [0.25, 0.3) is 0 Å². The Morgan fingerprint density at radius 2 is 2.05 bits per heavy atom. The number of carboxylic acids is 1. The third kappa shape index (κ3) is 4.19. The summed E-state index contributed by atoms with van der Waals surface area (Å²) in [5.41, 5.74) is -2.21. The highest BCUT2D eigenvalue weighted by Crippen LogP contribution is 2.36. The minimum absolute atomic E-state index is 0.468. The average molecular weight is 320 g/mol. The highest BCUT2D eigenvalue weighted by atomic mass is 35.5.